The Morgan fingerprint density at radius 1 is 1.61 bits per heavy atom. The lowest BCUT2D eigenvalue weighted by atomic mass is 9.67. The van der Waals surface area contributed by atoms with Crippen molar-refractivity contribution in [1.29, 1.82) is 0 Å². The van der Waals surface area contributed by atoms with E-state index >= 15 is 0 Å². The van der Waals surface area contributed by atoms with Gasteiger partial charge in [0.2, 0.25) is 0 Å². The summed E-state index contributed by atoms with van der Waals surface area (Å²) in [6.07, 6.45) is 6.69. The van der Waals surface area contributed by atoms with E-state index in [1.54, 1.807) is 17.5 Å². The zero-order valence-electron chi connectivity index (χ0n) is 11.0. The molecule has 0 unspecified atom stereocenters. The number of carbonyl (C=O) groups excluding carboxylic acids is 1. The largest absolute Gasteiger partial charge is 0.338 e. The average Bonchev–Trinajstić information content (AvgIpc) is 2.81. The Balaban J connectivity index is 1.75. The molecule has 0 saturated heterocycles. The average molecular weight is 267 g/mol. The maximum atomic E-state index is 11.8. The van der Waals surface area contributed by atoms with Gasteiger partial charge in [0.15, 0.2) is 0 Å². The minimum Gasteiger partial charge on any atom is -0.338 e. The van der Waals surface area contributed by atoms with E-state index in [-0.39, 0.29) is 12.1 Å². The topological polar surface area (TPSA) is 54.0 Å². The summed E-state index contributed by atoms with van der Waals surface area (Å²) in [7, 11) is 0. The van der Waals surface area contributed by atoms with Crippen LogP contribution >= 0.6 is 11.3 Å². The van der Waals surface area contributed by atoms with Crippen LogP contribution in [0.5, 0.6) is 0 Å². The molecule has 1 saturated carbocycles. The van der Waals surface area contributed by atoms with E-state index in [4.69, 9.17) is 0 Å². The summed E-state index contributed by atoms with van der Waals surface area (Å²) in [5.41, 5.74) is 0.363. The van der Waals surface area contributed by atoms with Crippen molar-refractivity contribution < 1.29 is 4.79 Å². The SMILES string of the molecule is CCC1(CNC(=O)N[C@H](C)c2nccs2)CCC1. The molecule has 1 heterocycles. The molecule has 1 aromatic heterocycles. The van der Waals surface area contributed by atoms with Gasteiger partial charge in [-0.3, -0.25) is 0 Å². The standard InChI is InChI=1S/C13H21N3OS/c1-3-13(5-4-6-13)9-15-12(17)16-10(2)11-14-7-8-18-11/h7-8,10H,3-6,9H2,1-2H3,(H2,15,16,17)/t10-/m1/s1. The van der Waals surface area contributed by atoms with Crippen molar-refractivity contribution in [1.82, 2.24) is 15.6 Å². The van der Waals surface area contributed by atoms with E-state index in [1.807, 2.05) is 12.3 Å². The van der Waals surface area contributed by atoms with Crippen LogP contribution in [0.3, 0.4) is 0 Å². The van der Waals surface area contributed by atoms with Gasteiger partial charge in [-0.1, -0.05) is 13.3 Å². The number of nitrogens with one attached hydrogen (secondary N) is 2. The molecule has 1 aliphatic carbocycles. The molecule has 0 spiro atoms. The smallest absolute Gasteiger partial charge is 0.315 e. The fraction of sp³-hybridized carbons (Fsp3) is 0.692. The summed E-state index contributed by atoms with van der Waals surface area (Å²) in [5, 5.41) is 8.79. The first-order chi connectivity index (χ1) is 8.65. The van der Waals surface area contributed by atoms with Gasteiger partial charge in [-0.25, -0.2) is 9.78 Å². The number of hydrogen-bond acceptors (Lipinski definition) is 3. The highest BCUT2D eigenvalue weighted by molar-refractivity contribution is 7.09. The van der Waals surface area contributed by atoms with Gasteiger partial charge in [0.25, 0.3) is 0 Å². The van der Waals surface area contributed by atoms with Gasteiger partial charge in [0, 0.05) is 18.1 Å². The molecule has 1 fully saturated rings. The Bertz CT molecular complexity index is 381. The van der Waals surface area contributed by atoms with Crippen molar-refractivity contribution in [2.45, 2.75) is 45.6 Å². The molecule has 1 aliphatic rings. The number of amides is 2. The Kier molecular flexibility index (Phi) is 4.22. The zero-order valence-corrected chi connectivity index (χ0v) is 11.8. The molecule has 0 bridgehead atoms. The van der Waals surface area contributed by atoms with Crippen LogP contribution in [0, 0.1) is 5.41 Å². The minimum atomic E-state index is -0.0857. The Morgan fingerprint density at radius 3 is 2.89 bits per heavy atom. The number of urea groups is 1. The number of aromatic nitrogens is 1. The van der Waals surface area contributed by atoms with Crippen molar-refractivity contribution in [3.05, 3.63) is 16.6 Å². The van der Waals surface area contributed by atoms with Crippen LogP contribution in [0.15, 0.2) is 11.6 Å². The van der Waals surface area contributed by atoms with Crippen LogP contribution in [-0.4, -0.2) is 17.6 Å². The summed E-state index contributed by atoms with van der Waals surface area (Å²) >= 11 is 1.56. The van der Waals surface area contributed by atoms with Gasteiger partial charge in [0.1, 0.15) is 5.01 Å². The number of hydrogen-bond donors (Lipinski definition) is 2. The molecule has 4 nitrogen and oxygen atoms in total. The second-order valence-corrected chi connectivity index (χ2v) is 6.05. The molecule has 2 N–H and O–H groups in total. The normalized spacial score (nSPS) is 18.8. The lowest BCUT2D eigenvalue weighted by Gasteiger charge is -2.41. The van der Waals surface area contributed by atoms with E-state index in [2.05, 4.69) is 22.5 Å². The number of carbonyl (C=O) groups is 1. The molecular formula is C13H21N3OS. The molecule has 2 amide bonds. The fourth-order valence-electron chi connectivity index (χ4n) is 2.36. The number of thiazole rings is 1. The van der Waals surface area contributed by atoms with Crippen molar-refractivity contribution in [3.63, 3.8) is 0 Å². The van der Waals surface area contributed by atoms with Crippen molar-refractivity contribution in [3.8, 4) is 0 Å². The lowest BCUT2D eigenvalue weighted by Crippen LogP contribution is -2.45. The van der Waals surface area contributed by atoms with Crippen LogP contribution in [0.1, 0.15) is 50.6 Å². The first kappa shape index (κ1) is 13.3. The highest BCUT2D eigenvalue weighted by atomic mass is 32.1. The minimum absolute atomic E-state index is 0.0241. The van der Waals surface area contributed by atoms with Crippen LogP contribution in [0.2, 0.25) is 0 Å². The maximum absolute atomic E-state index is 11.8. The fourth-order valence-corrected chi connectivity index (χ4v) is 3.00. The van der Waals surface area contributed by atoms with Crippen LogP contribution in [0.4, 0.5) is 4.79 Å². The predicted molar refractivity (Wildman–Crippen MR) is 73.6 cm³/mol. The monoisotopic (exact) mass is 267 g/mol. The molecule has 100 valence electrons. The summed E-state index contributed by atoms with van der Waals surface area (Å²) < 4.78 is 0. The highest BCUT2D eigenvalue weighted by Crippen LogP contribution is 2.42. The Hall–Kier alpha value is -1.10. The van der Waals surface area contributed by atoms with Gasteiger partial charge >= 0.3 is 6.03 Å². The van der Waals surface area contributed by atoms with Crippen LogP contribution in [0.25, 0.3) is 0 Å². The molecule has 1 aromatic rings. The third-order valence-electron chi connectivity index (χ3n) is 3.96. The van der Waals surface area contributed by atoms with Gasteiger partial charge in [-0.15, -0.1) is 11.3 Å². The van der Waals surface area contributed by atoms with E-state index < -0.39 is 0 Å². The van der Waals surface area contributed by atoms with Crippen molar-refractivity contribution in [2.24, 2.45) is 5.41 Å². The third-order valence-corrected chi connectivity index (χ3v) is 4.92. The van der Waals surface area contributed by atoms with Crippen LogP contribution in [-0.2, 0) is 0 Å². The molecule has 2 rings (SSSR count). The summed E-state index contributed by atoms with van der Waals surface area (Å²) in [4.78, 5) is 16.0. The second-order valence-electron chi connectivity index (χ2n) is 5.13. The number of rotatable bonds is 5. The van der Waals surface area contributed by atoms with Gasteiger partial charge in [0.05, 0.1) is 6.04 Å². The molecule has 18 heavy (non-hydrogen) atoms. The zero-order chi connectivity index (χ0) is 13.0. The summed E-state index contributed by atoms with van der Waals surface area (Å²) in [6.45, 7) is 4.95. The summed E-state index contributed by atoms with van der Waals surface area (Å²) in [6, 6.07) is -0.110. The van der Waals surface area contributed by atoms with Crippen molar-refractivity contribution >= 4 is 17.4 Å². The lowest BCUT2D eigenvalue weighted by molar-refractivity contribution is 0.126. The third kappa shape index (κ3) is 3.02. The first-order valence-electron chi connectivity index (χ1n) is 6.59. The van der Waals surface area contributed by atoms with E-state index in [9.17, 15) is 4.79 Å². The highest BCUT2D eigenvalue weighted by Gasteiger charge is 2.35. The molecule has 1 atom stereocenters. The van der Waals surface area contributed by atoms with Crippen molar-refractivity contribution in [2.75, 3.05) is 6.54 Å². The van der Waals surface area contributed by atoms with Gasteiger partial charge in [-0.05, 0) is 31.6 Å². The number of nitrogens with zero attached hydrogens (tertiary/aromatic N) is 1. The first-order valence-corrected chi connectivity index (χ1v) is 7.47. The van der Waals surface area contributed by atoms with E-state index in [0.717, 1.165) is 18.0 Å². The molecule has 0 radical (unpaired) electrons. The maximum Gasteiger partial charge on any atom is 0.315 e. The van der Waals surface area contributed by atoms with E-state index in [1.165, 1.54) is 19.3 Å². The molecule has 0 aromatic carbocycles. The Morgan fingerprint density at radius 2 is 2.39 bits per heavy atom. The molecular weight excluding hydrogens is 246 g/mol. The molecule has 5 heteroatoms. The quantitative estimate of drug-likeness (QED) is 0.861. The second kappa shape index (κ2) is 5.69. The Labute approximate surface area is 112 Å². The van der Waals surface area contributed by atoms with Crippen LogP contribution < -0.4 is 10.6 Å². The summed E-state index contributed by atoms with van der Waals surface area (Å²) in [5.74, 6) is 0. The molecule has 0 aliphatic heterocycles. The van der Waals surface area contributed by atoms with Gasteiger partial charge in [-0.2, -0.15) is 0 Å². The predicted octanol–water partition coefficient (Wildman–Crippen LogP) is 3.08. The van der Waals surface area contributed by atoms with E-state index in [0.29, 0.717) is 5.41 Å². The van der Waals surface area contributed by atoms with Gasteiger partial charge < -0.3 is 10.6 Å².